The highest BCUT2D eigenvalue weighted by molar-refractivity contribution is 7.89. The molecular formula is C32H48N4O8S. The number of ether oxygens (including phenoxy) is 1. The highest BCUT2D eigenvalue weighted by Gasteiger charge is 2.61. The number of rotatable bonds is 14. The Labute approximate surface area is 266 Å². The fourth-order valence-electron chi connectivity index (χ4n) is 6.34. The molecule has 0 radical (unpaired) electrons. The molecule has 1 saturated carbocycles. The molecule has 2 aliphatic heterocycles. The van der Waals surface area contributed by atoms with E-state index in [4.69, 9.17) is 4.74 Å². The van der Waals surface area contributed by atoms with Crippen LogP contribution in [0, 0.1) is 11.3 Å². The van der Waals surface area contributed by atoms with E-state index in [-0.39, 0.29) is 23.9 Å². The topological polar surface area (TPSA) is 162 Å². The highest BCUT2D eigenvalue weighted by Crippen LogP contribution is 2.47. The fraction of sp³-hybridized carbons (Fsp3) is 0.688. The summed E-state index contributed by atoms with van der Waals surface area (Å²) in [6.45, 7) is 7.65. The largest absolute Gasteiger partial charge is 0.479 e. The van der Waals surface area contributed by atoms with Crippen molar-refractivity contribution in [1.29, 1.82) is 0 Å². The van der Waals surface area contributed by atoms with Gasteiger partial charge in [0.15, 0.2) is 0 Å². The van der Waals surface area contributed by atoms with Crippen LogP contribution in [0.25, 0.3) is 0 Å². The van der Waals surface area contributed by atoms with E-state index in [0.717, 1.165) is 38.5 Å². The Bertz CT molecular complexity index is 1380. The van der Waals surface area contributed by atoms with Gasteiger partial charge in [-0.05, 0) is 43.2 Å². The summed E-state index contributed by atoms with van der Waals surface area (Å²) in [6, 6.07) is 5.94. The number of carboxylic acids is 1. The molecule has 2 heterocycles. The van der Waals surface area contributed by atoms with Crippen molar-refractivity contribution in [3.8, 4) is 0 Å². The molecule has 250 valence electrons. The van der Waals surface area contributed by atoms with Crippen molar-refractivity contribution in [3.05, 3.63) is 29.8 Å². The number of aliphatic carboxylic acids is 1. The molecule has 4 atom stereocenters. The maximum atomic E-state index is 13.2. The predicted molar refractivity (Wildman–Crippen MR) is 166 cm³/mol. The first-order valence-electron chi connectivity index (χ1n) is 16.1. The Morgan fingerprint density at radius 1 is 1.11 bits per heavy atom. The van der Waals surface area contributed by atoms with E-state index >= 15 is 0 Å². The second-order valence-corrected chi connectivity index (χ2v) is 15.5. The Morgan fingerprint density at radius 3 is 2.49 bits per heavy atom. The third-order valence-corrected chi connectivity index (χ3v) is 11.2. The maximum Gasteiger partial charge on any atom is 0.407 e. The lowest BCUT2D eigenvalue weighted by Crippen LogP contribution is -2.54. The molecule has 3 N–H and O–H groups in total. The molecule has 2 fully saturated rings. The van der Waals surface area contributed by atoms with Gasteiger partial charge in [-0.25, -0.2) is 18.0 Å². The summed E-state index contributed by atoms with van der Waals surface area (Å²) in [6.07, 6.45) is 5.77. The molecule has 13 heteroatoms. The molecule has 45 heavy (non-hydrogen) atoms. The molecule has 12 nitrogen and oxygen atoms in total. The quantitative estimate of drug-likeness (QED) is 0.258. The third-order valence-electron chi connectivity index (χ3n) is 9.27. The number of likely N-dealkylation sites (tertiary alicyclic amines) is 1. The first-order chi connectivity index (χ1) is 21.2. The lowest BCUT2D eigenvalue weighted by Gasteiger charge is -2.33. The van der Waals surface area contributed by atoms with Gasteiger partial charge >= 0.3 is 12.1 Å². The first-order valence-corrected chi connectivity index (χ1v) is 17.5. The van der Waals surface area contributed by atoms with Gasteiger partial charge < -0.3 is 25.4 Å². The number of nitrogens with zero attached hydrogens (tertiary/aromatic N) is 2. The molecule has 1 aliphatic carbocycles. The molecule has 2 unspecified atom stereocenters. The van der Waals surface area contributed by atoms with Crippen molar-refractivity contribution >= 4 is 33.9 Å². The number of amides is 3. The van der Waals surface area contributed by atoms with Crippen LogP contribution in [0.15, 0.2) is 29.2 Å². The number of carbonyl (C=O) groups is 4. The summed E-state index contributed by atoms with van der Waals surface area (Å²) < 4.78 is 33.1. The van der Waals surface area contributed by atoms with Crippen LogP contribution in [0.3, 0.4) is 0 Å². The number of carbonyl (C=O) groups excluding carboxylic acids is 3. The van der Waals surface area contributed by atoms with Crippen LogP contribution in [-0.4, -0.2) is 83.9 Å². The Hall–Kier alpha value is -3.19. The minimum atomic E-state index is -3.73. The second-order valence-electron chi connectivity index (χ2n) is 13.6. The van der Waals surface area contributed by atoms with E-state index in [0.29, 0.717) is 31.4 Å². The van der Waals surface area contributed by atoms with Gasteiger partial charge in [-0.3, -0.25) is 9.59 Å². The van der Waals surface area contributed by atoms with Gasteiger partial charge in [0.1, 0.15) is 24.2 Å². The summed E-state index contributed by atoms with van der Waals surface area (Å²) in [4.78, 5) is 52.9. The fourth-order valence-corrected chi connectivity index (χ4v) is 7.97. The van der Waals surface area contributed by atoms with Crippen LogP contribution < -0.4 is 10.6 Å². The van der Waals surface area contributed by atoms with Gasteiger partial charge in [0, 0.05) is 18.5 Å². The third kappa shape index (κ3) is 7.97. The SMILES string of the molecule is CCCCCCCC1C[C@]1(NC(=O)[C@@H]1CCCN1C(=O)CNC(=O)OC(CN1Cc2ccccc2S1(=O)=O)C(C)(C)C)C(=O)O. The molecule has 0 aromatic heterocycles. The van der Waals surface area contributed by atoms with Gasteiger partial charge in [0.05, 0.1) is 11.4 Å². The Kier molecular flexibility index (Phi) is 10.8. The molecule has 1 aromatic carbocycles. The zero-order valence-corrected chi connectivity index (χ0v) is 27.7. The van der Waals surface area contributed by atoms with Crippen LogP contribution in [0.5, 0.6) is 0 Å². The van der Waals surface area contributed by atoms with Crippen molar-refractivity contribution < 1.29 is 37.4 Å². The second kappa shape index (κ2) is 14.1. The van der Waals surface area contributed by atoms with Crippen molar-refractivity contribution in [2.24, 2.45) is 11.3 Å². The number of fused-ring (bicyclic) bond motifs is 1. The van der Waals surface area contributed by atoms with Crippen molar-refractivity contribution in [3.63, 3.8) is 0 Å². The van der Waals surface area contributed by atoms with Gasteiger partial charge in [-0.15, -0.1) is 0 Å². The van der Waals surface area contributed by atoms with Crippen molar-refractivity contribution in [2.75, 3.05) is 19.6 Å². The molecule has 3 aliphatic rings. The number of carboxylic acid groups (broad SMARTS) is 1. The minimum absolute atomic E-state index is 0.0543. The average Bonchev–Trinajstić information content (AvgIpc) is 3.32. The standard InChI is InChI=1S/C32H48N4O8S/c1-5-6-7-8-9-14-23-18-32(23,29(39)40)34-28(38)24-15-12-17-36(24)27(37)19-33-30(41)44-26(31(2,3)4)21-35-20-22-13-10-11-16-25(22)45(35,42)43/h10-11,13,16,23-24,26H,5-9,12,14-15,17-21H2,1-4H3,(H,33,41)(H,34,38)(H,39,40)/t23?,24-,26?,32+/m0/s1. The Morgan fingerprint density at radius 2 is 1.82 bits per heavy atom. The molecule has 4 rings (SSSR count). The van der Waals surface area contributed by atoms with Gasteiger partial charge in [0.25, 0.3) is 0 Å². The van der Waals surface area contributed by atoms with Crippen LogP contribution in [0.1, 0.15) is 91.0 Å². The molecule has 3 amide bonds. The number of hydrogen-bond donors (Lipinski definition) is 3. The highest BCUT2D eigenvalue weighted by atomic mass is 32.2. The predicted octanol–water partition coefficient (Wildman–Crippen LogP) is 3.64. The summed E-state index contributed by atoms with van der Waals surface area (Å²) in [7, 11) is -3.73. The normalized spacial score (nSPS) is 24.5. The van der Waals surface area contributed by atoms with E-state index < -0.39 is 63.5 Å². The molecule has 0 spiro atoms. The smallest absolute Gasteiger partial charge is 0.407 e. The zero-order valence-electron chi connectivity index (χ0n) is 26.8. The van der Waals surface area contributed by atoms with E-state index in [2.05, 4.69) is 17.6 Å². The van der Waals surface area contributed by atoms with Crippen LogP contribution in [-0.2, 0) is 35.7 Å². The molecule has 0 bridgehead atoms. The molecular weight excluding hydrogens is 600 g/mol. The maximum absolute atomic E-state index is 13.2. The van der Waals surface area contributed by atoms with E-state index in [1.54, 1.807) is 24.3 Å². The van der Waals surface area contributed by atoms with Crippen LogP contribution >= 0.6 is 0 Å². The number of sulfonamides is 1. The number of benzene rings is 1. The number of unbranched alkanes of at least 4 members (excludes halogenated alkanes) is 4. The first kappa shape index (κ1) is 34.7. The van der Waals surface area contributed by atoms with E-state index in [9.17, 15) is 32.7 Å². The van der Waals surface area contributed by atoms with Crippen LogP contribution in [0.4, 0.5) is 4.79 Å². The molecule has 1 saturated heterocycles. The summed E-state index contributed by atoms with van der Waals surface area (Å²) in [5.74, 6) is -2.14. The lowest BCUT2D eigenvalue weighted by molar-refractivity contribution is -0.145. The minimum Gasteiger partial charge on any atom is -0.479 e. The monoisotopic (exact) mass is 648 g/mol. The van der Waals surface area contributed by atoms with E-state index in [1.165, 1.54) is 9.21 Å². The van der Waals surface area contributed by atoms with Gasteiger partial charge in [0.2, 0.25) is 21.8 Å². The lowest BCUT2D eigenvalue weighted by atomic mass is 9.89. The summed E-state index contributed by atoms with van der Waals surface area (Å²) in [5.41, 5.74) is -1.22. The average molecular weight is 649 g/mol. The zero-order chi connectivity index (χ0) is 33.0. The summed E-state index contributed by atoms with van der Waals surface area (Å²) >= 11 is 0. The van der Waals surface area contributed by atoms with Gasteiger partial charge in [-0.1, -0.05) is 78.0 Å². The van der Waals surface area contributed by atoms with Crippen LogP contribution in [0.2, 0.25) is 0 Å². The molecule has 1 aromatic rings. The Balaban J connectivity index is 1.29. The van der Waals surface area contributed by atoms with E-state index in [1.807, 2.05) is 20.8 Å². The van der Waals surface area contributed by atoms with Crippen molar-refractivity contribution in [2.45, 2.75) is 115 Å². The van der Waals surface area contributed by atoms with Crippen molar-refractivity contribution in [1.82, 2.24) is 19.8 Å². The number of alkyl carbamates (subject to hydrolysis) is 1. The number of nitrogens with one attached hydrogen (secondary N) is 2. The van der Waals surface area contributed by atoms with Gasteiger partial charge in [-0.2, -0.15) is 4.31 Å². The number of hydrogen-bond acceptors (Lipinski definition) is 7. The summed E-state index contributed by atoms with van der Waals surface area (Å²) in [5, 5.41) is 15.1.